The molecule has 1 N–H and O–H groups in total. The van der Waals surface area contributed by atoms with Gasteiger partial charge < -0.3 is 14.6 Å². The van der Waals surface area contributed by atoms with Gasteiger partial charge in [-0.25, -0.2) is 0 Å². The normalized spacial score (nSPS) is 19.6. The van der Waals surface area contributed by atoms with Gasteiger partial charge in [-0.2, -0.15) is 0 Å². The summed E-state index contributed by atoms with van der Waals surface area (Å²) in [7, 11) is 3.84. The van der Waals surface area contributed by atoms with Crippen LogP contribution >= 0.6 is 0 Å². The standard InChI is InChI=1S/C14H23N3O2/c1-16(12-5-3-7-15-9-12)11-14(18)17(2)10-13-6-4-8-19-13/h4,6,8,12,15H,3,5,7,9-11H2,1-2H3. The van der Waals surface area contributed by atoms with E-state index in [0.29, 0.717) is 19.1 Å². The number of amides is 1. The molecule has 0 aliphatic carbocycles. The van der Waals surface area contributed by atoms with E-state index in [0.717, 1.165) is 18.8 Å². The van der Waals surface area contributed by atoms with Crippen molar-refractivity contribution in [2.24, 2.45) is 0 Å². The van der Waals surface area contributed by atoms with Gasteiger partial charge >= 0.3 is 0 Å². The highest BCUT2D eigenvalue weighted by molar-refractivity contribution is 5.77. The molecule has 1 saturated heterocycles. The van der Waals surface area contributed by atoms with Gasteiger partial charge in [0.1, 0.15) is 5.76 Å². The zero-order chi connectivity index (χ0) is 13.7. The SMILES string of the molecule is CN(Cc1ccco1)C(=O)CN(C)C1CCCNC1. The molecule has 19 heavy (non-hydrogen) atoms. The summed E-state index contributed by atoms with van der Waals surface area (Å²) >= 11 is 0. The molecular weight excluding hydrogens is 242 g/mol. The molecule has 2 heterocycles. The Morgan fingerprint density at radius 3 is 3.00 bits per heavy atom. The van der Waals surface area contributed by atoms with Crippen molar-refractivity contribution in [2.45, 2.75) is 25.4 Å². The van der Waals surface area contributed by atoms with E-state index in [1.54, 1.807) is 11.2 Å². The highest BCUT2D eigenvalue weighted by atomic mass is 16.3. The fourth-order valence-electron chi connectivity index (χ4n) is 2.40. The van der Waals surface area contributed by atoms with Crippen LogP contribution in [-0.2, 0) is 11.3 Å². The van der Waals surface area contributed by atoms with Gasteiger partial charge in [0.25, 0.3) is 0 Å². The van der Waals surface area contributed by atoms with Crippen molar-refractivity contribution < 1.29 is 9.21 Å². The predicted molar refractivity (Wildman–Crippen MR) is 73.7 cm³/mol. The second-order valence-electron chi connectivity index (χ2n) is 5.24. The molecule has 106 valence electrons. The van der Waals surface area contributed by atoms with Crippen LogP contribution in [0.3, 0.4) is 0 Å². The maximum atomic E-state index is 12.1. The second kappa shape index (κ2) is 6.73. The summed E-state index contributed by atoms with van der Waals surface area (Å²) < 4.78 is 5.26. The van der Waals surface area contributed by atoms with Crippen LogP contribution < -0.4 is 5.32 Å². The van der Waals surface area contributed by atoms with Crippen LogP contribution in [0.1, 0.15) is 18.6 Å². The Balaban J connectivity index is 1.79. The van der Waals surface area contributed by atoms with Gasteiger partial charge in [-0.05, 0) is 38.6 Å². The average molecular weight is 265 g/mol. The molecule has 2 rings (SSSR count). The van der Waals surface area contributed by atoms with Crippen LogP contribution in [0, 0.1) is 0 Å². The molecule has 0 saturated carbocycles. The number of nitrogens with one attached hydrogen (secondary N) is 1. The lowest BCUT2D eigenvalue weighted by atomic mass is 10.1. The van der Waals surface area contributed by atoms with Gasteiger partial charge in [-0.1, -0.05) is 0 Å². The maximum absolute atomic E-state index is 12.1. The van der Waals surface area contributed by atoms with Crippen molar-refractivity contribution in [3.8, 4) is 0 Å². The van der Waals surface area contributed by atoms with Crippen molar-refractivity contribution in [2.75, 3.05) is 33.7 Å². The fourth-order valence-corrected chi connectivity index (χ4v) is 2.40. The van der Waals surface area contributed by atoms with Gasteiger partial charge in [0, 0.05) is 19.6 Å². The van der Waals surface area contributed by atoms with Crippen molar-refractivity contribution in [1.29, 1.82) is 0 Å². The fraction of sp³-hybridized carbons (Fsp3) is 0.643. The number of nitrogens with zero attached hydrogens (tertiary/aromatic N) is 2. The monoisotopic (exact) mass is 265 g/mol. The van der Waals surface area contributed by atoms with E-state index in [1.807, 2.05) is 26.2 Å². The first-order valence-corrected chi connectivity index (χ1v) is 6.84. The third kappa shape index (κ3) is 4.08. The third-order valence-corrected chi connectivity index (χ3v) is 3.68. The lowest BCUT2D eigenvalue weighted by Gasteiger charge is -2.32. The minimum Gasteiger partial charge on any atom is -0.467 e. The number of hydrogen-bond acceptors (Lipinski definition) is 4. The zero-order valence-electron chi connectivity index (χ0n) is 11.8. The number of carbonyl (C=O) groups is 1. The molecule has 1 fully saturated rings. The Morgan fingerprint density at radius 2 is 2.37 bits per heavy atom. The molecule has 1 aliphatic heterocycles. The maximum Gasteiger partial charge on any atom is 0.236 e. The van der Waals surface area contributed by atoms with E-state index in [9.17, 15) is 4.79 Å². The molecule has 1 aromatic heterocycles. The number of hydrogen-bond donors (Lipinski definition) is 1. The van der Waals surface area contributed by atoms with Crippen LogP contribution in [0.25, 0.3) is 0 Å². The summed E-state index contributed by atoms with van der Waals surface area (Å²) in [6.07, 6.45) is 3.98. The molecule has 1 aliphatic rings. The molecule has 5 heteroatoms. The average Bonchev–Trinajstić information content (AvgIpc) is 2.92. The highest BCUT2D eigenvalue weighted by Crippen LogP contribution is 2.09. The highest BCUT2D eigenvalue weighted by Gasteiger charge is 2.21. The Labute approximate surface area is 114 Å². The van der Waals surface area contributed by atoms with E-state index >= 15 is 0 Å². The first-order valence-electron chi connectivity index (χ1n) is 6.84. The molecular formula is C14H23N3O2. The summed E-state index contributed by atoms with van der Waals surface area (Å²) in [5.74, 6) is 0.947. The summed E-state index contributed by atoms with van der Waals surface area (Å²) in [5.41, 5.74) is 0. The van der Waals surface area contributed by atoms with E-state index in [4.69, 9.17) is 4.42 Å². The third-order valence-electron chi connectivity index (χ3n) is 3.68. The van der Waals surface area contributed by atoms with Gasteiger partial charge in [0.05, 0.1) is 19.4 Å². The molecule has 0 spiro atoms. The smallest absolute Gasteiger partial charge is 0.236 e. The summed E-state index contributed by atoms with van der Waals surface area (Å²) in [4.78, 5) is 16.0. The minimum absolute atomic E-state index is 0.129. The van der Waals surface area contributed by atoms with Crippen LogP contribution in [0.4, 0.5) is 0 Å². The van der Waals surface area contributed by atoms with E-state index < -0.39 is 0 Å². The molecule has 1 aromatic rings. The van der Waals surface area contributed by atoms with Gasteiger partial charge in [0.15, 0.2) is 0 Å². The first kappa shape index (κ1) is 14.1. The summed E-state index contributed by atoms with van der Waals surface area (Å²) in [6.45, 7) is 3.06. The van der Waals surface area contributed by atoms with E-state index in [2.05, 4.69) is 10.2 Å². The largest absolute Gasteiger partial charge is 0.467 e. The molecule has 1 amide bonds. The number of piperidine rings is 1. The van der Waals surface area contributed by atoms with Crippen LogP contribution in [0.15, 0.2) is 22.8 Å². The lowest BCUT2D eigenvalue weighted by Crippen LogP contribution is -2.47. The van der Waals surface area contributed by atoms with Crippen LogP contribution in [0.5, 0.6) is 0 Å². The number of carbonyl (C=O) groups excluding carboxylic acids is 1. The van der Waals surface area contributed by atoms with Crippen molar-refractivity contribution in [1.82, 2.24) is 15.1 Å². The van der Waals surface area contributed by atoms with E-state index in [1.165, 1.54) is 12.8 Å². The van der Waals surface area contributed by atoms with Crippen LogP contribution in [0.2, 0.25) is 0 Å². The lowest BCUT2D eigenvalue weighted by molar-refractivity contribution is -0.132. The number of likely N-dealkylation sites (N-methyl/N-ethyl adjacent to an activating group) is 2. The Kier molecular flexibility index (Phi) is 4.99. The molecule has 5 nitrogen and oxygen atoms in total. The van der Waals surface area contributed by atoms with Gasteiger partial charge in [0.2, 0.25) is 5.91 Å². The van der Waals surface area contributed by atoms with Crippen molar-refractivity contribution >= 4 is 5.91 Å². The minimum atomic E-state index is 0.129. The van der Waals surface area contributed by atoms with Gasteiger partial charge in [-0.3, -0.25) is 9.69 Å². The van der Waals surface area contributed by atoms with Crippen LogP contribution in [-0.4, -0.2) is 55.5 Å². The topological polar surface area (TPSA) is 48.7 Å². The second-order valence-corrected chi connectivity index (χ2v) is 5.24. The Bertz CT molecular complexity index is 385. The number of furan rings is 1. The molecule has 0 bridgehead atoms. The zero-order valence-corrected chi connectivity index (χ0v) is 11.8. The summed E-state index contributed by atoms with van der Waals surface area (Å²) in [5, 5.41) is 3.37. The number of rotatable bonds is 5. The summed E-state index contributed by atoms with van der Waals surface area (Å²) in [6, 6.07) is 4.20. The van der Waals surface area contributed by atoms with Crippen molar-refractivity contribution in [3.63, 3.8) is 0 Å². The van der Waals surface area contributed by atoms with E-state index in [-0.39, 0.29) is 5.91 Å². The molecule has 1 unspecified atom stereocenters. The molecule has 0 radical (unpaired) electrons. The van der Waals surface area contributed by atoms with Gasteiger partial charge in [-0.15, -0.1) is 0 Å². The Hall–Kier alpha value is -1.33. The van der Waals surface area contributed by atoms with Crippen molar-refractivity contribution in [3.05, 3.63) is 24.2 Å². The molecule has 0 aromatic carbocycles. The quantitative estimate of drug-likeness (QED) is 0.860. The first-order chi connectivity index (χ1) is 9.16. The molecule has 1 atom stereocenters. The predicted octanol–water partition coefficient (Wildman–Crippen LogP) is 0.922. The Morgan fingerprint density at radius 1 is 1.53 bits per heavy atom.